The van der Waals surface area contributed by atoms with Crippen LogP contribution in [0.4, 0.5) is 0 Å². The normalized spacial score (nSPS) is 11.7. The topological polar surface area (TPSA) is 65.0 Å². The number of aliphatic carboxylic acids is 1. The van der Waals surface area contributed by atoms with Gasteiger partial charge in [0.15, 0.2) is 11.5 Å². The van der Waals surface area contributed by atoms with Gasteiger partial charge in [-0.25, -0.2) is 0 Å². The van der Waals surface area contributed by atoms with E-state index in [1.165, 1.54) is 289 Å². The quantitative estimate of drug-likeness (QED) is 0.0659. The number of benzene rings is 1. The number of carboxylic acid groups (broad SMARTS) is 1. The molecule has 0 amide bonds. The SMILES string of the molecule is CCCCCCCCCCCCCCCCCCOc1cc(CCC(C)(C)C(=O)O)cc(OCCCCCCCCCCCCCCCCCC)c1OCCCCCCCCCCCCCCCCCC. The molecule has 0 radical (unpaired) electrons. The van der Waals surface area contributed by atoms with Crippen LogP contribution in [-0.4, -0.2) is 30.9 Å². The maximum Gasteiger partial charge on any atom is 0.309 e. The Bertz CT molecular complexity index is 1200. The molecule has 0 aliphatic carbocycles. The van der Waals surface area contributed by atoms with E-state index in [0.29, 0.717) is 32.7 Å². The van der Waals surface area contributed by atoms with Crippen LogP contribution >= 0.6 is 0 Å². The predicted molar refractivity (Wildman–Crippen MR) is 311 cm³/mol. The van der Waals surface area contributed by atoms with Crippen molar-refractivity contribution in [3.63, 3.8) is 0 Å². The van der Waals surface area contributed by atoms with Crippen LogP contribution in [0.5, 0.6) is 17.2 Å². The van der Waals surface area contributed by atoms with Crippen molar-refractivity contribution in [1.29, 1.82) is 0 Å². The molecule has 0 unspecified atom stereocenters. The van der Waals surface area contributed by atoms with Gasteiger partial charge in [0, 0.05) is 0 Å². The average Bonchev–Trinajstić information content (AvgIpc) is 3.36. The third kappa shape index (κ3) is 43.1. The summed E-state index contributed by atoms with van der Waals surface area (Å²) >= 11 is 0. The van der Waals surface area contributed by atoms with Gasteiger partial charge in [-0.1, -0.05) is 310 Å². The minimum atomic E-state index is -0.800. The fraction of sp³-hybridized carbons (Fsp3) is 0.894. The molecule has 5 nitrogen and oxygen atoms in total. The Labute approximate surface area is 444 Å². The second kappa shape index (κ2) is 51.6. The molecule has 5 heteroatoms. The van der Waals surface area contributed by atoms with Crippen molar-refractivity contribution >= 4 is 5.97 Å². The average molecular weight is 998 g/mol. The fourth-order valence-corrected chi connectivity index (χ4v) is 10.2. The van der Waals surface area contributed by atoms with E-state index >= 15 is 0 Å². The van der Waals surface area contributed by atoms with Crippen LogP contribution in [0.15, 0.2) is 12.1 Å². The highest BCUT2D eigenvalue weighted by Crippen LogP contribution is 2.41. The first-order valence-corrected chi connectivity index (χ1v) is 32.1. The summed E-state index contributed by atoms with van der Waals surface area (Å²) in [6.07, 6.45) is 66.1. The monoisotopic (exact) mass is 997 g/mol. The number of carboxylic acids is 1. The number of carbonyl (C=O) groups is 1. The van der Waals surface area contributed by atoms with E-state index in [2.05, 4.69) is 32.9 Å². The van der Waals surface area contributed by atoms with Crippen molar-refractivity contribution < 1.29 is 24.1 Å². The summed E-state index contributed by atoms with van der Waals surface area (Å²) in [4.78, 5) is 12.1. The van der Waals surface area contributed by atoms with Gasteiger partial charge in [0.25, 0.3) is 0 Å². The third-order valence-corrected chi connectivity index (χ3v) is 15.5. The molecule has 0 aliphatic heterocycles. The van der Waals surface area contributed by atoms with Gasteiger partial charge in [-0.05, 0) is 63.6 Å². The number of rotatable bonds is 58. The molecule has 0 bridgehead atoms. The molecular formula is C66H124O5. The summed E-state index contributed by atoms with van der Waals surface area (Å²) in [7, 11) is 0. The Balaban J connectivity index is 2.67. The molecule has 0 saturated heterocycles. The fourth-order valence-electron chi connectivity index (χ4n) is 10.2. The number of ether oxygens (including phenoxy) is 3. The summed E-state index contributed by atoms with van der Waals surface area (Å²) in [5, 5.41) is 9.91. The Morgan fingerprint density at radius 2 is 0.563 bits per heavy atom. The lowest BCUT2D eigenvalue weighted by molar-refractivity contribution is -0.147. The standard InChI is InChI=1S/C66H124O5/c1-6-9-12-15-18-21-24-27-30-33-36-39-42-45-48-51-56-69-62-59-61(54-55-66(4,5)65(67)68)60-63(70-57-52-49-46-43-40-37-34-31-28-25-22-19-16-13-10-7-2)64(62)71-58-53-50-47-44-41-38-35-32-29-26-23-20-17-14-11-8-3/h59-60H,6-58H2,1-5H3,(H,67,68). The molecule has 0 aliphatic rings. The minimum absolute atomic E-state index is 0.554. The van der Waals surface area contributed by atoms with Crippen LogP contribution in [0.2, 0.25) is 0 Å². The molecule has 1 rings (SSSR count). The van der Waals surface area contributed by atoms with Crippen LogP contribution < -0.4 is 14.2 Å². The lowest BCUT2D eigenvalue weighted by Gasteiger charge is -2.21. The summed E-state index contributed by atoms with van der Waals surface area (Å²) < 4.78 is 19.9. The summed E-state index contributed by atoms with van der Waals surface area (Å²) in [6.45, 7) is 12.5. The zero-order valence-electron chi connectivity index (χ0n) is 48.7. The van der Waals surface area contributed by atoms with Crippen LogP contribution in [-0.2, 0) is 11.2 Å². The molecule has 418 valence electrons. The van der Waals surface area contributed by atoms with E-state index < -0.39 is 11.4 Å². The predicted octanol–water partition coefficient (Wildman–Crippen LogP) is 22.7. The molecule has 1 aromatic rings. The Hall–Kier alpha value is -1.91. The van der Waals surface area contributed by atoms with Crippen molar-refractivity contribution in [3.8, 4) is 17.2 Å². The maximum absolute atomic E-state index is 12.1. The summed E-state index contributed by atoms with van der Waals surface area (Å²) in [5.74, 6) is 1.54. The summed E-state index contributed by atoms with van der Waals surface area (Å²) in [5.41, 5.74) is 0.268. The Kier molecular flexibility index (Phi) is 48.7. The van der Waals surface area contributed by atoms with Gasteiger partial charge >= 0.3 is 5.97 Å². The van der Waals surface area contributed by atoms with Crippen molar-refractivity contribution in [2.24, 2.45) is 5.41 Å². The van der Waals surface area contributed by atoms with Gasteiger partial charge in [-0.3, -0.25) is 4.79 Å². The van der Waals surface area contributed by atoms with E-state index in [0.717, 1.165) is 42.1 Å². The summed E-state index contributed by atoms with van der Waals surface area (Å²) in [6, 6.07) is 4.24. The van der Waals surface area contributed by atoms with E-state index in [1.807, 2.05) is 13.8 Å². The molecule has 71 heavy (non-hydrogen) atoms. The zero-order chi connectivity index (χ0) is 51.4. The van der Waals surface area contributed by atoms with E-state index in [4.69, 9.17) is 14.2 Å². The largest absolute Gasteiger partial charge is 0.490 e. The molecule has 1 N–H and O–H groups in total. The van der Waals surface area contributed by atoms with Crippen LogP contribution in [0.25, 0.3) is 0 Å². The molecule has 0 heterocycles. The molecule has 0 saturated carbocycles. The smallest absolute Gasteiger partial charge is 0.309 e. The van der Waals surface area contributed by atoms with Crippen molar-refractivity contribution in [3.05, 3.63) is 17.7 Å². The molecular weight excluding hydrogens is 873 g/mol. The van der Waals surface area contributed by atoms with Gasteiger partial charge in [-0.15, -0.1) is 0 Å². The second-order valence-electron chi connectivity index (χ2n) is 23.1. The zero-order valence-corrected chi connectivity index (χ0v) is 48.7. The van der Waals surface area contributed by atoms with Gasteiger partial charge < -0.3 is 19.3 Å². The highest BCUT2D eigenvalue weighted by atomic mass is 16.5. The van der Waals surface area contributed by atoms with E-state index in [1.54, 1.807) is 0 Å². The highest BCUT2D eigenvalue weighted by molar-refractivity contribution is 5.73. The van der Waals surface area contributed by atoms with Crippen molar-refractivity contribution in [2.75, 3.05) is 19.8 Å². The first-order valence-electron chi connectivity index (χ1n) is 32.1. The lowest BCUT2D eigenvalue weighted by Crippen LogP contribution is -2.24. The van der Waals surface area contributed by atoms with Gasteiger partial charge in [0.2, 0.25) is 5.75 Å². The van der Waals surface area contributed by atoms with Gasteiger partial charge in [-0.2, -0.15) is 0 Å². The minimum Gasteiger partial charge on any atom is -0.490 e. The number of hydrogen-bond donors (Lipinski definition) is 1. The number of aryl methyl sites for hydroxylation is 1. The van der Waals surface area contributed by atoms with Crippen LogP contribution in [0.3, 0.4) is 0 Å². The first-order chi connectivity index (χ1) is 34.9. The number of hydrogen-bond acceptors (Lipinski definition) is 4. The van der Waals surface area contributed by atoms with Gasteiger partial charge in [0.05, 0.1) is 25.2 Å². The van der Waals surface area contributed by atoms with Crippen molar-refractivity contribution in [2.45, 2.75) is 356 Å². The van der Waals surface area contributed by atoms with E-state index in [-0.39, 0.29) is 0 Å². The Morgan fingerprint density at radius 3 is 0.789 bits per heavy atom. The molecule has 1 aromatic carbocycles. The number of unbranched alkanes of at least 4 members (excludes halogenated alkanes) is 45. The highest BCUT2D eigenvalue weighted by Gasteiger charge is 2.27. The van der Waals surface area contributed by atoms with Crippen LogP contribution in [0, 0.1) is 5.41 Å². The molecule has 0 fully saturated rings. The van der Waals surface area contributed by atoms with E-state index in [9.17, 15) is 9.90 Å². The second-order valence-corrected chi connectivity index (χ2v) is 23.1. The van der Waals surface area contributed by atoms with Gasteiger partial charge in [0.1, 0.15) is 0 Å². The third-order valence-electron chi connectivity index (χ3n) is 15.5. The Morgan fingerprint density at radius 1 is 0.352 bits per heavy atom. The van der Waals surface area contributed by atoms with Crippen molar-refractivity contribution in [1.82, 2.24) is 0 Å². The molecule has 0 atom stereocenters. The lowest BCUT2D eigenvalue weighted by atomic mass is 9.86. The molecule has 0 aromatic heterocycles. The maximum atomic E-state index is 12.1. The molecule has 0 spiro atoms. The van der Waals surface area contributed by atoms with Crippen LogP contribution in [0.1, 0.15) is 355 Å². The first kappa shape index (κ1) is 67.1.